The van der Waals surface area contributed by atoms with Crippen LogP contribution in [-0.2, 0) is 0 Å². The van der Waals surface area contributed by atoms with E-state index in [2.05, 4.69) is 43.9 Å². The van der Waals surface area contributed by atoms with Crippen LogP contribution in [0.4, 0.5) is 5.69 Å². The van der Waals surface area contributed by atoms with Gasteiger partial charge in [0.2, 0.25) is 0 Å². The molecule has 54 valence electrons. The van der Waals surface area contributed by atoms with Crippen molar-refractivity contribution < 1.29 is 0 Å². The minimum Gasteiger partial charge on any atom is -0.323 e. The first-order chi connectivity index (χ1) is 4.75. The van der Waals surface area contributed by atoms with E-state index in [0.29, 0.717) is 0 Å². The van der Waals surface area contributed by atoms with Gasteiger partial charge in [0.05, 0.1) is 9.26 Å². The molecule has 0 spiro atoms. The molecule has 1 aromatic rings. The maximum atomic E-state index is 5.24. The topological polar surface area (TPSA) is 38.0 Å². The van der Waals surface area contributed by atoms with Gasteiger partial charge in [-0.15, -0.1) is 0 Å². The normalized spacial score (nSPS) is 9.50. The Balaban J connectivity index is 3.14. The minimum absolute atomic E-state index is 0.940. The van der Waals surface area contributed by atoms with Crippen LogP contribution in [0.2, 0.25) is 0 Å². The summed E-state index contributed by atoms with van der Waals surface area (Å²) in [6.07, 6.45) is 0. The summed E-state index contributed by atoms with van der Waals surface area (Å²) in [4.78, 5) is 0. The van der Waals surface area contributed by atoms with Crippen molar-refractivity contribution in [2.75, 3.05) is 5.43 Å². The molecule has 3 N–H and O–H groups in total. The largest absolute Gasteiger partial charge is 0.323 e. The highest BCUT2D eigenvalue weighted by molar-refractivity contribution is 14.1. The average molecular weight is 313 g/mol. The molecule has 4 heteroatoms. The van der Waals surface area contributed by atoms with E-state index in [1.165, 1.54) is 0 Å². The number of hydrogen-bond donors (Lipinski definition) is 2. The zero-order chi connectivity index (χ0) is 7.56. The van der Waals surface area contributed by atoms with Crippen LogP contribution < -0.4 is 11.3 Å². The standard InChI is InChI=1S/C6H6BrIN2/c7-4-2-1-3-5(10-9)6(4)8/h1-3,10H,9H2. The van der Waals surface area contributed by atoms with Gasteiger partial charge in [0.15, 0.2) is 0 Å². The van der Waals surface area contributed by atoms with Crippen molar-refractivity contribution in [3.05, 3.63) is 26.2 Å². The van der Waals surface area contributed by atoms with Crippen LogP contribution in [0.1, 0.15) is 0 Å². The molecule has 0 aliphatic rings. The van der Waals surface area contributed by atoms with Gasteiger partial charge in [-0.25, -0.2) is 0 Å². The predicted octanol–water partition coefficient (Wildman–Crippen LogP) is 2.34. The fraction of sp³-hybridized carbons (Fsp3) is 0. The van der Waals surface area contributed by atoms with E-state index in [9.17, 15) is 0 Å². The number of nitrogens with one attached hydrogen (secondary N) is 1. The van der Waals surface area contributed by atoms with Crippen LogP contribution in [0.3, 0.4) is 0 Å². The third-order valence-electron chi connectivity index (χ3n) is 1.11. The van der Waals surface area contributed by atoms with Crippen LogP contribution in [0, 0.1) is 3.57 Å². The van der Waals surface area contributed by atoms with E-state index in [4.69, 9.17) is 5.84 Å². The van der Waals surface area contributed by atoms with Crippen LogP contribution in [0.25, 0.3) is 0 Å². The average Bonchev–Trinajstić information content (AvgIpc) is 1.95. The smallest absolute Gasteiger partial charge is 0.0630 e. The Bertz CT molecular complexity index is 239. The third kappa shape index (κ3) is 1.62. The fourth-order valence-corrected chi connectivity index (χ4v) is 1.50. The monoisotopic (exact) mass is 312 g/mol. The second-order valence-electron chi connectivity index (χ2n) is 1.75. The van der Waals surface area contributed by atoms with E-state index >= 15 is 0 Å². The lowest BCUT2D eigenvalue weighted by atomic mass is 10.3. The maximum Gasteiger partial charge on any atom is 0.0630 e. The van der Waals surface area contributed by atoms with Crippen molar-refractivity contribution in [2.45, 2.75) is 0 Å². The second kappa shape index (κ2) is 3.54. The van der Waals surface area contributed by atoms with E-state index in [-0.39, 0.29) is 0 Å². The van der Waals surface area contributed by atoms with E-state index in [1.54, 1.807) is 0 Å². The quantitative estimate of drug-likeness (QED) is 0.474. The summed E-state index contributed by atoms with van der Waals surface area (Å²) < 4.78 is 2.16. The Morgan fingerprint density at radius 3 is 2.70 bits per heavy atom. The number of hydrazine groups is 1. The Morgan fingerprint density at radius 1 is 1.50 bits per heavy atom. The zero-order valence-corrected chi connectivity index (χ0v) is 8.81. The Morgan fingerprint density at radius 2 is 2.20 bits per heavy atom. The highest BCUT2D eigenvalue weighted by Crippen LogP contribution is 2.25. The van der Waals surface area contributed by atoms with Gasteiger partial charge in [-0.3, -0.25) is 5.84 Å². The highest BCUT2D eigenvalue weighted by Gasteiger charge is 1.99. The Kier molecular flexibility index (Phi) is 2.94. The molecule has 0 bridgehead atoms. The molecule has 0 radical (unpaired) electrons. The van der Waals surface area contributed by atoms with Crippen molar-refractivity contribution >= 4 is 44.2 Å². The SMILES string of the molecule is NNc1cccc(Br)c1I. The predicted molar refractivity (Wildman–Crippen MR) is 54.7 cm³/mol. The van der Waals surface area contributed by atoms with Gasteiger partial charge < -0.3 is 5.43 Å². The molecule has 2 nitrogen and oxygen atoms in total. The lowest BCUT2D eigenvalue weighted by Crippen LogP contribution is -2.07. The molecular formula is C6H6BrIN2. The summed E-state index contributed by atoms with van der Waals surface area (Å²) in [5, 5.41) is 0. The van der Waals surface area contributed by atoms with Crippen molar-refractivity contribution in [3.63, 3.8) is 0 Å². The van der Waals surface area contributed by atoms with Gasteiger partial charge in [-0.1, -0.05) is 6.07 Å². The molecule has 1 aromatic carbocycles. The molecule has 0 atom stereocenters. The number of nitrogens with two attached hydrogens (primary N) is 1. The summed E-state index contributed by atoms with van der Waals surface area (Å²) >= 11 is 5.60. The number of anilines is 1. The van der Waals surface area contributed by atoms with Crippen molar-refractivity contribution in [2.24, 2.45) is 5.84 Å². The molecule has 0 saturated heterocycles. The van der Waals surface area contributed by atoms with Gasteiger partial charge in [-0.05, 0) is 50.7 Å². The van der Waals surface area contributed by atoms with Gasteiger partial charge >= 0.3 is 0 Å². The minimum atomic E-state index is 0.940. The van der Waals surface area contributed by atoms with E-state index in [1.807, 2.05) is 18.2 Å². The van der Waals surface area contributed by atoms with Crippen molar-refractivity contribution in [3.8, 4) is 0 Å². The molecule has 0 aliphatic heterocycles. The van der Waals surface area contributed by atoms with Gasteiger partial charge in [0.25, 0.3) is 0 Å². The van der Waals surface area contributed by atoms with Crippen LogP contribution in [0.15, 0.2) is 22.7 Å². The molecule has 10 heavy (non-hydrogen) atoms. The molecule has 1 rings (SSSR count). The summed E-state index contributed by atoms with van der Waals surface area (Å²) in [5.41, 5.74) is 3.54. The lowest BCUT2D eigenvalue weighted by molar-refractivity contribution is 1.33. The molecule has 0 unspecified atom stereocenters. The van der Waals surface area contributed by atoms with Gasteiger partial charge in [0.1, 0.15) is 0 Å². The first kappa shape index (κ1) is 8.29. The molecule has 0 heterocycles. The summed E-state index contributed by atoms with van der Waals surface area (Å²) in [5.74, 6) is 5.24. The molecular weight excluding hydrogens is 307 g/mol. The van der Waals surface area contributed by atoms with E-state index in [0.717, 1.165) is 13.7 Å². The Labute approximate surface area is 81.4 Å². The summed E-state index contributed by atoms with van der Waals surface area (Å²) in [7, 11) is 0. The molecule has 0 aromatic heterocycles. The van der Waals surface area contributed by atoms with Crippen LogP contribution >= 0.6 is 38.5 Å². The third-order valence-corrected chi connectivity index (χ3v) is 3.67. The maximum absolute atomic E-state index is 5.24. The second-order valence-corrected chi connectivity index (χ2v) is 3.68. The molecule has 0 aliphatic carbocycles. The number of rotatable bonds is 1. The number of halogens is 2. The summed E-state index contributed by atoms with van der Waals surface area (Å²) in [6, 6.07) is 5.83. The first-order valence-corrected chi connectivity index (χ1v) is 4.53. The van der Waals surface area contributed by atoms with Gasteiger partial charge in [0, 0.05) is 4.47 Å². The van der Waals surface area contributed by atoms with Crippen LogP contribution in [-0.4, -0.2) is 0 Å². The fourth-order valence-electron chi connectivity index (χ4n) is 0.615. The summed E-state index contributed by atoms with van der Waals surface area (Å²) in [6.45, 7) is 0. The Hall–Kier alpha value is 0.190. The molecule has 0 saturated carbocycles. The number of nitrogen functional groups attached to an aromatic ring is 1. The number of benzene rings is 1. The van der Waals surface area contributed by atoms with Gasteiger partial charge in [-0.2, -0.15) is 0 Å². The van der Waals surface area contributed by atoms with Crippen LogP contribution in [0.5, 0.6) is 0 Å². The number of hydrogen-bond acceptors (Lipinski definition) is 2. The van der Waals surface area contributed by atoms with E-state index < -0.39 is 0 Å². The first-order valence-electron chi connectivity index (χ1n) is 2.66. The highest BCUT2D eigenvalue weighted by atomic mass is 127. The lowest BCUT2D eigenvalue weighted by Gasteiger charge is -2.03. The van der Waals surface area contributed by atoms with Crippen molar-refractivity contribution in [1.29, 1.82) is 0 Å². The molecule has 0 amide bonds. The molecule has 0 fully saturated rings. The van der Waals surface area contributed by atoms with Crippen molar-refractivity contribution in [1.82, 2.24) is 0 Å². The zero-order valence-electron chi connectivity index (χ0n) is 5.07.